The molecule has 16 bridgehead atoms. The summed E-state index contributed by atoms with van der Waals surface area (Å²) in [5.41, 5.74) is -2.01. The molecule has 0 spiro atoms. The Bertz CT molecular complexity index is 2690. The Kier molecular flexibility index (Phi) is 21.7. The second-order valence-electron chi connectivity index (χ2n) is 36.8. The summed E-state index contributed by atoms with van der Waals surface area (Å²) in [4.78, 5) is 76.2. The van der Waals surface area contributed by atoms with Gasteiger partial charge in [0, 0.05) is 6.61 Å². The Morgan fingerprint density at radius 3 is 1.21 bits per heavy atom. The van der Waals surface area contributed by atoms with E-state index in [4.69, 9.17) is 37.9 Å². The van der Waals surface area contributed by atoms with E-state index in [0.717, 1.165) is 99.7 Å². The molecule has 14 nitrogen and oxygen atoms in total. The lowest BCUT2D eigenvalue weighted by molar-refractivity contribution is -0.217. The van der Waals surface area contributed by atoms with Crippen molar-refractivity contribution in [1.29, 1.82) is 0 Å². The molecule has 0 aliphatic heterocycles. The minimum absolute atomic E-state index is 0.0278. The van der Waals surface area contributed by atoms with Crippen LogP contribution >= 0.6 is 0 Å². The van der Waals surface area contributed by atoms with Crippen LogP contribution in [0.4, 0.5) is 0 Å². The van der Waals surface area contributed by atoms with Crippen LogP contribution in [0.5, 0.6) is 0 Å². The zero-order valence-electron chi connectivity index (χ0n) is 62.2. The molecular weight excluding hydrogens is 1200 g/mol. The third-order valence-electron chi connectivity index (χ3n) is 30.1. The van der Waals surface area contributed by atoms with Crippen LogP contribution in [0, 0.1) is 152 Å². The van der Waals surface area contributed by atoms with Gasteiger partial charge in [0.1, 0.15) is 23.4 Å². The van der Waals surface area contributed by atoms with Crippen molar-refractivity contribution in [3.8, 4) is 0 Å². The third-order valence-corrected chi connectivity index (χ3v) is 30.1. The monoisotopic (exact) mass is 1330 g/mol. The molecule has 0 aromatic rings. The molecule has 0 aromatic carbocycles. The van der Waals surface area contributed by atoms with Crippen LogP contribution < -0.4 is 0 Å². The van der Waals surface area contributed by atoms with Gasteiger partial charge < -0.3 is 37.9 Å². The zero-order valence-corrected chi connectivity index (χ0v) is 62.2. The molecule has 16 rings (SSSR count). The van der Waals surface area contributed by atoms with E-state index in [1.54, 1.807) is 6.92 Å². The van der Waals surface area contributed by atoms with Crippen molar-refractivity contribution in [2.24, 2.45) is 152 Å². The molecular formula is C81H130O14. The van der Waals surface area contributed by atoms with Gasteiger partial charge in [-0.25, -0.2) is 0 Å². The Labute approximate surface area is 573 Å². The molecule has 0 saturated heterocycles. The summed E-state index contributed by atoms with van der Waals surface area (Å²) in [6.45, 7) is 35.0. The fourth-order valence-electron chi connectivity index (χ4n) is 23.8. The summed E-state index contributed by atoms with van der Waals surface area (Å²) in [6, 6.07) is 0. The molecule has 0 radical (unpaired) electrons. The number of fused-ring (bicyclic) bond motifs is 18. The van der Waals surface area contributed by atoms with E-state index >= 15 is 0 Å². The highest BCUT2D eigenvalue weighted by molar-refractivity contribution is 5.78. The van der Waals surface area contributed by atoms with Crippen LogP contribution in [0.1, 0.15) is 272 Å². The van der Waals surface area contributed by atoms with Gasteiger partial charge in [0.25, 0.3) is 0 Å². The fourth-order valence-corrected chi connectivity index (χ4v) is 23.8. The maximum Gasteiger partial charge on any atom is 0.313 e. The molecule has 538 valence electrons. The standard InChI is InChI=1S/C31H46O4.C30H44O4.2C10H20O3/c1-5-30(3,4)29(33)34-25-15-19-14-24(25)27-22-12-18(26(19)27)13-23(22)28(32)35-31(6-2)20-8-16-7-17(10-20)11-21(31)9-16;1-5-29(2,3)28(32)33-24-14-18-13-23(24)26-21-11-17(25(18)26)12-22(21)27(31)34-30(4)19-7-15-6-16(9-19)10-20(30)8-15;1-6-10(4,5)9(11)13-8(3)12-7-2;1-5-7-12-8-13-9(11)10(3,4)6-2/h16-27H,5-15H2,1-4H3;15-26H,5-14H2,1-4H3;8H,6-7H2,1-5H3;5-8H2,1-4H3. The van der Waals surface area contributed by atoms with E-state index in [2.05, 4.69) is 27.7 Å². The average molecular weight is 1330 g/mol. The summed E-state index contributed by atoms with van der Waals surface area (Å²) in [7, 11) is 0. The number of hydrogen-bond acceptors (Lipinski definition) is 14. The van der Waals surface area contributed by atoms with Crippen molar-refractivity contribution >= 4 is 35.8 Å². The zero-order chi connectivity index (χ0) is 68.6. The van der Waals surface area contributed by atoms with Gasteiger partial charge >= 0.3 is 35.8 Å². The van der Waals surface area contributed by atoms with Crippen molar-refractivity contribution in [2.75, 3.05) is 20.0 Å². The van der Waals surface area contributed by atoms with E-state index in [1.165, 1.54) is 89.9 Å². The van der Waals surface area contributed by atoms with Crippen molar-refractivity contribution in [3.63, 3.8) is 0 Å². The Balaban J connectivity index is 0.000000143. The van der Waals surface area contributed by atoms with Crippen LogP contribution in [0.15, 0.2) is 0 Å². The normalized spacial score (nSPS) is 42.2. The van der Waals surface area contributed by atoms with E-state index in [-0.39, 0.29) is 77.9 Å². The topological polar surface area (TPSA) is 176 Å². The van der Waals surface area contributed by atoms with Crippen LogP contribution in [-0.4, -0.2) is 85.5 Å². The molecule has 17 unspecified atom stereocenters. The lowest BCUT2D eigenvalue weighted by Crippen LogP contribution is -2.60. The first kappa shape index (κ1) is 73.0. The smallest absolute Gasteiger partial charge is 0.313 e. The molecule has 0 heterocycles. The largest absolute Gasteiger partial charge is 0.462 e. The summed E-state index contributed by atoms with van der Waals surface area (Å²) in [5, 5.41) is 0. The molecule has 16 aliphatic carbocycles. The first-order chi connectivity index (χ1) is 44.9. The van der Waals surface area contributed by atoms with Gasteiger partial charge in [-0.05, 0) is 349 Å². The van der Waals surface area contributed by atoms with Crippen LogP contribution in [-0.2, 0) is 66.7 Å². The molecule has 16 aliphatic rings. The molecule has 16 saturated carbocycles. The molecule has 95 heavy (non-hydrogen) atoms. The molecule has 0 N–H and O–H groups in total. The average Bonchev–Trinajstić information content (AvgIpc) is 1.59. The van der Waals surface area contributed by atoms with Crippen LogP contribution in [0.3, 0.4) is 0 Å². The minimum Gasteiger partial charge on any atom is -0.462 e. The van der Waals surface area contributed by atoms with Crippen molar-refractivity contribution in [2.45, 2.75) is 302 Å². The first-order valence-electron chi connectivity index (χ1n) is 39.3. The number of esters is 6. The second kappa shape index (κ2) is 28.3. The van der Waals surface area contributed by atoms with Crippen molar-refractivity contribution in [1.82, 2.24) is 0 Å². The van der Waals surface area contributed by atoms with E-state index in [0.29, 0.717) is 96.1 Å². The summed E-state index contributed by atoms with van der Waals surface area (Å²) in [5.74, 6) is 13.3. The quantitative estimate of drug-likeness (QED) is 0.0329. The van der Waals surface area contributed by atoms with Gasteiger partial charge in [-0.15, -0.1) is 0 Å². The van der Waals surface area contributed by atoms with Crippen molar-refractivity contribution < 1.29 is 66.7 Å². The van der Waals surface area contributed by atoms with Gasteiger partial charge in [-0.1, -0.05) is 41.5 Å². The lowest BCUT2D eigenvalue weighted by atomic mass is 9.49. The Morgan fingerprint density at radius 1 is 0.432 bits per heavy atom. The second-order valence-corrected chi connectivity index (χ2v) is 36.8. The van der Waals surface area contributed by atoms with E-state index < -0.39 is 27.9 Å². The molecule has 0 aromatic heterocycles. The molecule has 16 fully saturated rings. The SMILES string of the molecule is CCC(C)(C)C(=O)OC1CC2CC1C1C3CC(CC3C(=O)OC3(C)C4CC5CC(C4)CC3C5)C21.CCC(C)(C)C(=O)OC1CC2CC1C1C3CC(CC3C(=O)OC3(CC)C4CC5CC(C4)CC3C5)C21.CCCOCOC(=O)C(C)(C)CC.CCOC(C)OC(=O)C(C)(C)CC. The highest BCUT2D eigenvalue weighted by atomic mass is 16.7. The Hall–Kier alpha value is -3.26. The number of rotatable bonds is 22. The summed E-state index contributed by atoms with van der Waals surface area (Å²) in [6.07, 6.45) is 27.0. The minimum atomic E-state index is -0.441. The van der Waals surface area contributed by atoms with Crippen molar-refractivity contribution in [3.05, 3.63) is 0 Å². The molecule has 0 amide bonds. The lowest BCUT2D eigenvalue weighted by Gasteiger charge is -2.60. The predicted molar refractivity (Wildman–Crippen MR) is 364 cm³/mol. The number of carbonyl (C=O) groups excluding carboxylic acids is 6. The maximum absolute atomic E-state index is 13.9. The maximum atomic E-state index is 13.9. The van der Waals surface area contributed by atoms with Gasteiger partial charge in [0.05, 0.1) is 40.1 Å². The summed E-state index contributed by atoms with van der Waals surface area (Å²) >= 11 is 0. The van der Waals surface area contributed by atoms with E-state index in [1.807, 2.05) is 83.1 Å². The van der Waals surface area contributed by atoms with Gasteiger partial charge in [0.2, 0.25) is 0 Å². The third kappa shape index (κ3) is 13.9. The number of ether oxygens (including phenoxy) is 8. The Morgan fingerprint density at radius 2 is 0.811 bits per heavy atom. The number of hydrogen-bond donors (Lipinski definition) is 0. The molecule has 14 heteroatoms. The fraction of sp³-hybridized carbons (Fsp3) is 0.926. The van der Waals surface area contributed by atoms with Crippen LogP contribution in [0.25, 0.3) is 0 Å². The summed E-state index contributed by atoms with van der Waals surface area (Å²) < 4.78 is 45.9. The highest BCUT2D eigenvalue weighted by Crippen LogP contribution is 2.72. The molecule has 17 atom stereocenters. The van der Waals surface area contributed by atoms with E-state index in [9.17, 15) is 28.8 Å². The highest BCUT2D eigenvalue weighted by Gasteiger charge is 2.70. The first-order valence-corrected chi connectivity index (χ1v) is 39.3. The predicted octanol–water partition coefficient (Wildman–Crippen LogP) is 17.1. The number of carbonyl (C=O) groups is 6. The van der Waals surface area contributed by atoms with Crippen LogP contribution in [0.2, 0.25) is 0 Å². The van der Waals surface area contributed by atoms with Gasteiger partial charge in [0.15, 0.2) is 13.1 Å². The van der Waals surface area contributed by atoms with Gasteiger partial charge in [-0.3, -0.25) is 28.8 Å². The van der Waals surface area contributed by atoms with Gasteiger partial charge in [-0.2, -0.15) is 0 Å².